The summed E-state index contributed by atoms with van der Waals surface area (Å²) in [7, 11) is -3.56. The fourth-order valence-electron chi connectivity index (χ4n) is 1.69. The molecule has 0 heterocycles. The average molecular weight is 326 g/mol. The fraction of sp³-hybridized carbons (Fsp3) is 0.143. The topological polar surface area (TPSA) is 72.2 Å². The molecule has 0 fully saturated rings. The normalized spacial score (nSPS) is 11.5. The minimum atomic E-state index is -3.56. The van der Waals surface area contributed by atoms with Gasteiger partial charge in [-0.05, 0) is 30.3 Å². The molecule has 4 nitrogen and oxygen atoms in total. The zero-order valence-electron chi connectivity index (χ0n) is 11.3. The lowest BCUT2D eigenvalue weighted by Crippen LogP contribution is -2.23. The van der Waals surface area contributed by atoms with Crippen molar-refractivity contribution in [3.05, 3.63) is 48.3 Å². The van der Waals surface area contributed by atoms with E-state index < -0.39 is 10.0 Å². The van der Waals surface area contributed by atoms with Gasteiger partial charge in [-0.1, -0.05) is 30.8 Å². The maximum absolute atomic E-state index is 13.7. The molecular formula is C14H15FN2O2S2. The van der Waals surface area contributed by atoms with Crippen LogP contribution in [0.1, 0.15) is 6.92 Å². The third-order valence-corrected chi connectivity index (χ3v) is 5.35. The van der Waals surface area contributed by atoms with E-state index in [-0.39, 0.29) is 10.7 Å². The van der Waals surface area contributed by atoms with E-state index in [2.05, 4.69) is 4.72 Å². The molecule has 0 amide bonds. The largest absolute Gasteiger partial charge is 0.398 e. The van der Waals surface area contributed by atoms with Crippen molar-refractivity contribution in [2.75, 3.05) is 12.3 Å². The van der Waals surface area contributed by atoms with Gasteiger partial charge in [-0.3, -0.25) is 0 Å². The van der Waals surface area contributed by atoms with Crippen LogP contribution in [-0.2, 0) is 10.0 Å². The number of benzene rings is 2. The first-order chi connectivity index (χ1) is 9.94. The summed E-state index contributed by atoms with van der Waals surface area (Å²) < 4.78 is 40.0. The van der Waals surface area contributed by atoms with Gasteiger partial charge in [0.05, 0.1) is 4.90 Å². The number of nitrogens with two attached hydrogens (primary N) is 1. The second-order valence-corrected chi connectivity index (χ2v) is 7.08. The lowest BCUT2D eigenvalue weighted by Gasteiger charge is -2.10. The molecule has 112 valence electrons. The van der Waals surface area contributed by atoms with Crippen LogP contribution in [0.3, 0.4) is 0 Å². The van der Waals surface area contributed by atoms with Crippen molar-refractivity contribution in [2.45, 2.75) is 21.6 Å². The van der Waals surface area contributed by atoms with Crippen molar-refractivity contribution in [2.24, 2.45) is 0 Å². The molecule has 21 heavy (non-hydrogen) atoms. The summed E-state index contributed by atoms with van der Waals surface area (Å²) in [6, 6.07) is 10.6. The third-order valence-electron chi connectivity index (χ3n) is 2.69. The van der Waals surface area contributed by atoms with E-state index in [1.807, 2.05) is 0 Å². The molecule has 0 bridgehead atoms. The van der Waals surface area contributed by atoms with Crippen LogP contribution in [0.4, 0.5) is 10.1 Å². The molecule has 0 aliphatic rings. The zero-order chi connectivity index (χ0) is 15.5. The minimum Gasteiger partial charge on any atom is -0.398 e. The quantitative estimate of drug-likeness (QED) is 0.829. The Kier molecular flexibility index (Phi) is 4.87. The molecule has 0 saturated heterocycles. The summed E-state index contributed by atoms with van der Waals surface area (Å²) in [5.74, 6) is -0.373. The number of hydrogen-bond donors (Lipinski definition) is 2. The molecule has 2 aromatic carbocycles. The molecule has 3 N–H and O–H groups in total. The summed E-state index contributed by atoms with van der Waals surface area (Å²) in [5.41, 5.74) is 6.25. The molecule has 0 unspecified atom stereocenters. The van der Waals surface area contributed by atoms with Crippen molar-refractivity contribution < 1.29 is 12.8 Å². The average Bonchev–Trinajstić information content (AvgIpc) is 2.43. The first kappa shape index (κ1) is 15.8. The van der Waals surface area contributed by atoms with Gasteiger partial charge in [-0.25, -0.2) is 17.5 Å². The molecule has 0 atom stereocenters. The van der Waals surface area contributed by atoms with E-state index in [9.17, 15) is 12.8 Å². The van der Waals surface area contributed by atoms with Gasteiger partial charge >= 0.3 is 0 Å². The van der Waals surface area contributed by atoms with E-state index in [1.54, 1.807) is 25.1 Å². The summed E-state index contributed by atoms with van der Waals surface area (Å²) >= 11 is 1.10. The van der Waals surface area contributed by atoms with Crippen LogP contribution in [0.5, 0.6) is 0 Å². The van der Waals surface area contributed by atoms with Gasteiger partial charge in [0.1, 0.15) is 5.82 Å². The van der Waals surface area contributed by atoms with Crippen LogP contribution in [0.15, 0.2) is 57.2 Å². The van der Waals surface area contributed by atoms with E-state index in [0.717, 1.165) is 11.8 Å². The SMILES string of the molecule is CCNS(=O)(=O)c1ccc(N)c(Sc2ccccc2F)c1. The Morgan fingerprint density at radius 3 is 2.57 bits per heavy atom. The molecule has 2 aromatic rings. The fourth-order valence-corrected chi connectivity index (χ4v) is 3.75. The van der Waals surface area contributed by atoms with Crippen molar-refractivity contribution in [3.63, 3.8) is 0 Å². The lowest BCUT2D eigenvalue weighted by atomic mass is 10.3. The van der Waals surface area contributed by atoms with Crippen molar-refractivity contribution in [3.8, 4) is 0 Å². The maximum Gasteiger partial charge on any atom is 0.240 e. The molecule has 7 heteroatoms. The summed E-state index contributed by atoms with van der Waals surface area (Å²) in [5, 5.41) is 0. The van der Waals surface area contributed by atoms with Crippen LogP contribution in [0, 0.1) is 5.82 Å². The van der Waals surface area contributed by atoms with Gasteiger partial charge in [-0.2, -0.15) is 0 Å². The van der Waals surface area contributed by atoms with Crippen LogP contribution in [-0.4, -0.2) is 15.0 Å². The van der Waals surface area contributed by atoms with Crippen LogP contribution in [0.2, 0.25) is 0 Å². The van der Waals surface area contributed by atoms with Gasteiger partial charge < -0.3 is 5.73 Å². The standard InChI is InChI=1S/C14H15FN2O2S2/c1-2-17-21(18,19)10-7-8-12(16)14(9-10)20-13-6-4-3-5-11(13)15/h3-9,17H,2,16H2,1H3. The molecule has 0 saturated carbocycles. The van der Waals surface area contributed by atoms with Crippen LogP contribution in [0.25, 0.3) is 0 Å². The Morgan fingerprint density at radius 1 is 1.19 bits per heavy atom. The van der Waals surface area contributed by atoms with Crippen LogP contribution >= 0.6 is 11.8 Å². The second-order valence-electron chi connectivity index (χ2n) is 4.23. The molecular weight excluding hydrogens is 311 g/mol. The van der Waals surface area contributed by atoms with Gasteiger partial charge in [0.2, 0.25) is 10.0 Å². The molecule has 2 rings (SSSR count). The number of anilines is 1. The van der Waals surface area contributed by atoms with Gasteiger partial charge in [0.15, 0.2) is 0 Å². The van der Waals surface area contributed by atoms with Crippen molar-refractivity contribution in [1.29, 1.82) is 0 Å². The summed E-state index contributed by atoms with van der Waals surface area (Å²) in [6.07, 6.45) is 0. The molecule has 0 aliphatic heterocycles. The number of rotatable bonds is 5. The highest BCUT2D eigenvalue weighted by Crippen LogP contribution is 2.34. The predicted molar refractivity (Wildman–Crippen MR) is 82.2 cm³/mol. The Balaban J connectivity index is 2.39. The second kappa shape index (κ2) is 6.46. The highest BCUT2D eigenvalue weighted by molar-refractivity contribution is 7.99. The minimum absolute atomic E-state index is 0.109. The van der Waals surface area contributed by atoms with E-state index in [0.29, 0.717) is 22.0 Å². The molecule has 0 aromatic heterocycles. The lowest BCUT2D eigenvalue weighted by molar-refractivity contribution is 0.583. The Labute approximate surface area is 127 Å². The van der Waals surface area contributed by atoms with E-state index >= 15 is 0 Å². The Bertz CT molecular complexity index is 748. The molecule has 0 spiro atoms. The van der Waals surface area contributed by atoms with E-state index in [1.165, 1.54) is 24.3 Å². The van der Waals surface area contributed by atoms with Gasteiger partial charge in [0, 0.05) is 22.0 Å². The van der Waals surface area contributed by atoms with Crippen molar-refractivity contribution in [1.82, 2.24) is 4.72 Å². The first-order valence-electron chi connectivity index (χ1n) is 6.25. The number of sulfonamides is 1. The highest BCUT2D eigenvalue weighted by atomic mass is 32.2. The Morgan fingerprint density at radius 2 is 1.90 bits per heavy atom. The maximum atomic E-state index is 13.7. The predicted octanol–water partition coefficient (Wildman–Crippen LogP) is 2.86. The molecule has 0 radical (unpaired) electrons. The number of hydrogen-bond acceptors (Lipinski definition) is 4. The summed E-state index contributed by atoms with van der Waals surface area (Å²) in [6.45, 7) is 1.99. The van der Waals surface area contributed by atoms with Gasteiger partial charge in [-0.15, -0.1) is 0 Å². The first-order valence-corrected chi connectivity index (χ1v) is 8.55. The summed E-state index contributed by atoms with van der Waals surface area (Å²) in [4.78, 5) is 0.999. The third kappa shape index (κ3) is 3.75. The van der Waals surface area contributed by atoms with Crippen LogP contribution < -0.4 is 10.5 Å². The number of halogens is 1. The van der Waals surface area contributed by atoms with E-state index in [4.69, 9.17) is 5.73 Å². The smallest absolute Gasteiger partial charge is 0.240 e. The number of nitrogens with one attached hydrogen (secondary N) is 1. The van der Waals surface area contributed by atoms with Crippen molar-refractivity contribution >= 4 is 27.5 Å². The zero-order valence-corrected chi connectivity index (χ0v) is 13.0. The highest BCUT2D eigenvalue weighted by Gasteiger charge is 2.15. The monoisotopic (exact) mass is 326 g/mol. The molecule has 0 aliphatic carbocycles. The van der Waals surface area contributed by atoms with Gasteiger partial charge in [0.25, 0.3) is 0 Å². The Hall–Kier alpha value is -1.57. The number of nitrogen functional groups attached to an aromatic ring is 1.